The van der Waals surface area contributed by atoms with E-state index in [1.807, 2.05) is 32.0 Å². The number of fused-ring (bicyclic) bond motifs is 1. The highest BCUT2D eigenvalue weighted by Crippen LogP contribution is 2.45. The number of rotatable bonds is 1. The first-order valence-electron chi connectivity index (χ1n) is 5.49. The van der Waals surface area contributed by atoms with Gasteiger partial charge >= 0.3 is 5.97 Å². The molecule has 4 nitrogen and oxygen atoms in total. The lowest BCUT2D eigenvalue weighted by Crippen LogP contribution is -2.49. The number of anilines is 1. The molecular weight excluding hydrogens is 218 g/mol. The number of benzene rings is 1. The van der Waals surface area contributed by atoms with E-state index in [0.717, 1.165) is 5.56 Å². The third kappa shape index (κ3) is 1.52. The van der Waals surface area contributed by atoms with E-state index < -0.39 is 17.4 Å². The molecule has 0 saturated carbocycles. The van der Waals surface area contributed by atoms with Crippen LogP contribution in [-0.4, -0.2) is 23.0 Å². The van der Waals surface area contributed by atoms with Crippen LogP contribution in [0.1, 0.15) is 26.3 Å². The summed E-state index contributed by atoms with van der Waals surface area (Å²) >= 11 is 0. The maximum atomic E-state index is 11.7. The standard InChI is InChI=1S/C13H15NO3/c1-8(15)14-10-7-5-4-6-9(10)13(2,3)11(14)12(16)17/h4-7,11H,1-3H3,(H,16,17). The molecule has 0 radical (unpaired) electrons. The predicted octanol–water partition coefficient (Wildman–Crippen LogP) is 1.78. The summed E-state index contributed by atoms with van der Waals surface area (Å²) in [5.41, 5.74) is 1.04. The first kappa shape index (κ1) is 11.6. The molecule has 0 spiro atoms. The molecule has 0 fully saturated rings. The summed E-state index contributed by atoms with van der Waals surface area (Å²) in [6, 6.07) is 6.52. The van der Waals surface area contributed by atoms with Gasteiger partial charge in [0.15, 0.2) is 0 Å². The maximum Gasteiger partial charge on any atom is 0.327 e. The average molecular weight is 233 g/mol. The quantitative estimate of drug-likeness (QED) is 0.804. The van der Waals surface area contributed by atoms with Gasteiger partial charge in [-0.3, -0.25) is 9.69 Å². The van der Waals surface area contributed by atoms with Gasteiger partial charge < -0.3 is 5.11 Å². The van der Waals surface area contributed by atoms with E-state index in [1.165, 1.54) is 11.8 Å². The van der Waals surface area contributed by atoms with Crippen molar-refractivity contribution in [2.24, 2.45) is 0 Å². The molecule has 1 unspecified atom stereocenters. The van der Waals surface area contributed by atoms with Crippen LogP contribution in [0.25, 0.3) is 0 Å². The number of hydrogen-bond acceptors (Lipinski definition) is 2. The third-order valence-corrected chi connectivity index (χ3v) is 3.37. The molecule has 1 aromatic rings. The Morgan fingerprint density at radius 2 is 1.88 bits per heavy atom. The normalized spacial score (nSPS) is 21.1. The monoisotopic (exact) mass is 233 g/mol. The minimum absolute atomic E-state index is 0.240. The molecule has 1 heterocycles. The van der Waals surface area contributed by atoms with Crippen LogP contribution in [0.2, 0.25) is 0 Å². The first-order valence-corrected chi connectivity index (χ1v) is 5.49. The number of para-hydroxylation sites is 1. The number of nitrogens with zero attached hydrogens (tertiary/aromatic N) is 1. The number of carboxylic acid groups (broad SMARTS) is 1. The highest BCUT2D eigenvalue weighted by atomic mass is 16.4. The zero-order chi connectivity index (χ0) is 12.8. The molecule has 1 aliphatic heterocycles. The van der Waals surface area contributed by atoms with E-state index in [9.17, 15) is 14.7 Å². The summed E-state index contributed by atoms with van der Waals surface area (Å²) in [5, 5.41) is 9.35. The molecule has 0 aromatic heterocycles. The average Bonchev–Trinajstić information content (AvgIpc) is 2.48. The lowest BCUT2D eigenvalue weighted by atomic mass is 9.80. The molecule has 0 aliphatic carbocycles. The number of carboxylic acids is 1. The smallest absolute Gasteiger partial charge is 0.327 e. The van der Waals surface area contributed by atoms with Gasteiger partial charge in [-0.05, 0) is 11.6 Å². The van der Waals surface area contributed by atoms with Gasteiger partial charge in [0.2, 0.25) is 5.91 Å². The van der Waals surface area contributed by atoms with Gasteiger partial charge in [-0.15, -0.1) is 0 Å². The van der Waals surface area contributed by atoms with Gasteiger partial charge in [0.25, 0.3) is 0 Å². The Hall–Kier alpha value is -1.84. The van der Waals surface area contributed by atoms with Gasteiger partial charge in [0.1, 0.15) is 6.04 Å². The summed E-state index contributed by atoms with van der Waals surface area (Å²) in [7, 11) is 0. The van der Waals surface area contributed by atoms with Gasteiger partial charge in [0.05, 0.1) is 0 Å². The van der Waals surface area contributed by atoms with E-state index in [-0.39, 0.29) is 5.91 Å². The molecule has 2 rings (SSSR count). The predicted molar refractivity (Wildman–Crippen MR) is 64.1 cm³/mol. The van der Waals surface area contributed by atoms with E-state index in [4.69, 9.17) is 0 Å². The second-order valence-electron chi connectivity index (χ2n) is 4.87. The molecule has 0 bridgehead atoms. The van der Waals surface area contributed by atoms with Gasteiger partial charge in [-0.2, -0.15) is 0 Å². The Bertz CT molecular complexity index is 493. The molecule has 1 N–H and O–H groups in total. The Balaban J connectivity index is 2.66. The largest absolute Gasteiger partial charge is 0.480 e. The Morgan fingerprint density at radius 3 is 2.41 bits per heavy atom. The molecule has 1 amide bonds. The summed E-state index contributed by atoms with van der Waals surface area (Å²) in [4.78, 5) is 24.5. The van der Waals surface area contributed by atoms with Crippen molar-refractivity contribution in [3.63, 3.8) is 0 Å². The number of aliphatic carboxylic acids is 1. The number of amides is 1. The van der Waals surface area contributed by atoms with Crippen LogP contribution in [0.15, 0.2) is 24.3 Å². The van der Waals surface area contributed by atoms with E-state index in [0.29, 0.717) is 5.69 Å². The minimum atomic E-state index is -0.971. The fraction of sp³-hybridized carbons (Fsp3) is 0.385. The summed E-state index contributed by atoms with van der Waals surface area (Å²) < 4.78 is 0. The number of carbonyl (C=O) groups excluding carboxylic acids is 1. The second-order valence-corrected chi connectivity index (χ2v) is 4.87. The molecule has 1 aromatic carbocycles. The van der Waals surface area contributed by atoms with Crippen molar-refractivity contribution in [1.29, 1.82) is 0 Å². The molecule has 1 aliphatic rings. The van der Waals surface area contributed by atoms with Crippen molar-refractivity contribution in [3.8, 4) is 0 Å². The fourth-order valence-electron chi connectivity index (χ4n) is 2.61. The highest BCUT2D eigenvalue weighted by Gasteiger charge is 2.50. The van der Waals surface area contributed by atoms with Crippen LogP contribution < -0.4 is 4.90 Å². The van der Waals surface area contributed by atoms with E-state index in [2.05, 4.69) is 0 Å². The van der Waals surface area contributed by atoms with Gasteiger partial charge in [-0.25, -0.2) is 4.79 Å². The topological polar surface area (TPSA) is 57.6 Å². The lowest BCUT2D eigenvalue weighted by Gasteiger charge is -2.28. The molecule has 1 atom stereocenters. The van der Waals surface area contributed by atoms with E-state index >= 15 is 0 Å². The van der Waals surface area contributed by atoms with Crippen molar-refractivity contribution < 1.29 is 14.7 Å². The van der Waals surface area contributed by atoms with Crippen LogP contribution >= 0.6 is 0 Å². The Morgan fingerprint density at radius 1 is 1.29 bits per heavy atom. The molecule has 17 heavy (non-hydrogen) atoms. The van der Waals surface area contributed by atoms with Crippen LogP contribution in [0.3, 0.4) is 0 Å². The Kier molecular flexibility index (Phi) is 2.45. The minimum Gasteiger partial charge on any atom is -0.480 e. The SMILES string of the molecule is CC(=O)N1c2ccccc2C(C)(C)C1C(=O)O. The summed E-state index contributed by atoms with van der Waals surface area (Å²) in [5.74, 6) is -1.21. The van der Waals surface area contributed by atoms with Gasteiger partial charge in [0, 0.05) is 18.0 Å². The summed E-state index contributed by atoms with van der Waals surface area (Å²) in [6.45, 7) is 5.11. The van der Waals surface area contributed by atoms with Crippen molar-refractivity contribution in [2.45, 2.75) is 32.2 Å². The van der Waals surface area contributed by atoms with Crippen molar-refractivity contribution >= 4 is 17.6 Å². The third-order valence-electron chi connectivity index (χ3n) is 3.37. The van der Waals surface area contributed by atoms with Crippen LogP contribution in [0, 0.1) is 0 Å². The highest BCUT2D eigenvalue weighted by molar-refractivity contribution is 6.02. The van der Waals surface area contributed by atoms with Gasteiger partial charge in [-0.1, -0.05) is 32.0 Å². The Labute approximate surface area is 99.9 Å². The van der Waals surface area contributed by atoms with Crippen LogP contribution in [-0.2, 0) is 15.0 Å². The maximum absolute atomic E-state index is 11.7. The van der Waals surface area contributed by atoms with Crippen molar-refractivity contribution in [2.75, 3.05) is 4.90 Å². The van der Waals surface area contributed by atoms with Crippen LogP contribution in [0.4, 0.5) is 5.69 Å². The van der Waals surface area contributed by atoms with E-state index in [1.54, 1.807) is 6.07 Å². The number of hydrogen-bond donors (Lipinski definition) is 1. The number of carbonyl (C=O) groups is 2. The molecule has 90 valence electrons. The zero-order valence-corrected chi connectivity index (χ0v) is 10.1. The van der Waals surface area contributed by atoms with Crippen molar-refractivity contribution in [3.05, 3.63) is 29.8 Å². The van der Waals surface area contributed by atoms with Crippen molar-refractivity contribution in [1.82, 2.24) is 0 Å². The lowest BCUT2D eigenvalue weighted by molar-refractivity contribution is -0.141. The summed E-state index contributed by atoms with van der Waals surface area (Å²) in [6.07, 6.45) is 0. The molecule has 0 saturated heterocycles. The second kappa shape index (κ2) is 3.58. The molecular formula is C13H15NO3. The van der Waals surface area contributed by atoms with Crippen LogP contribution in [0.5, 0.6) is 0 Å². The molecule has 4 heteroatoms. The fourth-order valence-corrected chi connectivity index (χ4v) is 2.61. The first-order chi connectivity index (χ1) is 7.87. The zero-order valence-electron chi connectivity index (χ0n) is 10.1.